The van der Waals surface area contributed by atoms with Crippen LogP contribution in [0, 0.1) is 13.8 Å². The molecule has 0 fully saturated rings. The molecule has 0 saturated carbocycles. The summed E-state index contributed by atoms with van der Waals surface area (Å²) < 4.78 is 1.03. The minimum Gasteiger partial charge on any atom is -0.508 e. The molecule has 0 aromatic heterocycles. The molecule has 13 heavy (non-hydrogen) atoms. The van der Waals surface area contributed by atoms with E-state index in [1.165, 1.54) is 0 Å². The summed E-state index contributed by atoms with van der Waals surface area (Å²) in [7, 11) is 0. The molecule has 0 bridgehead atoms. The molecule has 0 spiro atoms. The van der Waals surface area contributed by atoms with Crippen LogP contribution >= 0.6 is 15.9 Å². The van der Waals surface area contributed by atoms with Crippen LogP contribution < -0.4 is 5.73 Å². The topological polar surface area (TPSA) is 46.2 Å². The van der Waals surface area contributed by atoms with E-state index >= 15 is 0 Å². The van der Waals surface area contributed by atoms with Gasteiger partial charge in [0, 0.05) is 16.1 Å². The molecule has 72 valence electrons. The summed E-state index contributed by atoms with van der Waals surface area (Å²) >= 11 is 3.47. The van der Waals surface area contributed by atoms with Crippen molar-refractivity contribution < 1.29 is 5.11 Å². The second-order valence-corrected chi connectivity index (χ2v) is 4.15. The van der Waals surface area contributed by atoms with E-state index in [1.807, 2.05) is 20.8 Å². The molecule has 0 aliphatic rings. The van der Waals surface area contributed by atoms with E-state index in [0.29, 0.717) is 0 Å². The molecule has 1 aromatic carbocycles. The Hall–Kier alpha value is -0.540. The zero-order valence-corrected chi connectivity index (χ0v) is 9.64. The highest BCUT2D eigenvalue weighted by Gasteiger charge is 2.13. The number of phenolic OH excluding ortho intramolecular Hbond substituents is 1. The van der Waals surface area contributed by atoms with Crippen LogP contribution in [0.1, 0.15) is 29.7 Å². The Labute approximate surface area is 86.9 Å². The van der Waals surface area contributed by atoms with Crippen LogP contribution in [0.2, 0.25) is 0 Å². The third kappa shape index (κ3) is 1.86. The molecular formula is C10H14BrNO. The minimum absolute atomic E-state index is 0.142. The van der Waals surface area contributed by atoms with Crippen LogP contribution in [-0.4, -0.2) is 5.11 Å². The molecule has 1 atom stereocenters. The zero-order valence-electron chi connectivity index (χ0n) is 8.06. The molecule has 1 unspecified atom stereocenters. The second-order valence-electron chi connectivity index (χ2n) is 3.35. The van der Waals surface area contributed by atoms with Crippen LogP contribution in [0.15, 0.2) is 10.5 Å². The van der Waals surface area contributed by atoms with E-state index < -0.39 is 0 Å². The first-order chi connectivity index (χ1) is 5.95. The number of aromatic hydroxyl groups is 1. The Kier molecular flexibility index (Phi) is 2.98. The number of halogens is 1. The lowest BCUT2D eigenvalue weighted by Crippen LogP contribution is -2.08. The van der Waals surface area contributed by atoms with Gasteiger partial charge in [-0.3, -0.25) is 0 Å². The molecule has 0 heterocycles. The second kappa shape index (κ2) is 3.68. The van der Waals surface area contributed by atoms with Crippen LogP contribution in [0.4, 0.5) is 0 Å². The summed E-state index contributed by atoms with van der Waals surface area (Å²) in [6.45, 7) is 5.76. The van der Waals surface area contributed by atoms with Crippen molar-refractivity contribution in [1.82, 2.24) is 0 Å². The molecular weight excluding hydrogens is 230 g/mol. The summed E-state index contributed by atoms with van der Waals surface area (Å²) in [6.07, 6.45) is 0. The number of hydrogen-bond donors (Lipinski definition) is 2. The maximum absolute atomic E-state index is 9.67. The third-order valence-corrected chi connectivity index (χ3v) is 3.38. The largest absolute Gasteiger partial charge is 0.508 e. The fourth-order valence-corrected chi connectivity index (χ4v) is 1.86. The predicted molar refractivity (Wildman–Crippen MR) is 57.9 cm³/mol. The third-order valence-electron chi connectivity index (χ3n) is 2.16. The quantitative estimate of drug-likeness (QED) is 0.797. The average molecular weight is 244 g/mol. The zero-order chi connectivity index (χ0) is 10.2. The lowest BCUT2D eigenvalue weighted by molar-refractivity contribution is 0.462. The average Bonchev–Trinajstić information content (AvgIpc) is 1.99. The highest BCUT2D eigenvalue weighted by molar-refractivity contribution is 9.10. The van der Waals surface area contributed by atoms with Crippen LogP contribution in [0.3, 0.4) is 0 Å². The molecule has 0 aliphatic heterocycles. The first-order valence-corrected chi connectivity index (χ1v) is 4.98. The van der Waals surface area contributed by atoms with E-state index in [1.54, 1.807) is 6.07 Å². The fraction of sp³-hybridized carbons (Fsp3) is 0.400. The lowest BCUT2D eigenvalue weighted by Gasteiger charge is -2.15. The first kappa shape index (κ1) is 10.5. The van der Waals surface area contributed by atoms with Crippen molar-refractivity contribution in [3.63, 3.8) is 0 Å². The Bertz CT molecular complexity index is 334. The van der Waals surface area contributed by atoms with Gasteiger partial charge in [-0.15, -0.1) is 0 Å². The molecule has 1 rings (SSSR count). The predicted octanol–water partition coefficient (Wildman–Crippen LogP) is 2.79. The standard InChI is InChI=1S/C10H14BrNO/c1-5-4-8(13)9(7(3)12)6(2)10(5)11/h4,7,13H,12H2,1-3H3. The summed E-state index contributed by atoms with van der Waals surface area (Å²) in [5.74, 6) is 0.285. The van der Waals surface area contributed by atoms with Gasteiger partial charge in [0.2, 0.25) is 0 Å². The summed E-state index contributed by atoms with van der Waals surface area (Å²) in [5, 5.41) is 9.67. The molecule has 3 N–H and O–H groups in total. The number of rotatable bonds is 1. The molecule has 0 saturated heterocycles. The van der Waals surface area contributed by atoms with Crippen LogP contribution in [0.5, 0.6) is 5.75 Å². The van der Waals surface area contributed by atoms with Crippen molar-refractivity contribution in [2.45, 2.75) is 26.8 Å². The van der Waals surface area contributed by atoms with Crippen molar-refractivity contribution in [2.75, 3.05) is 0 Å². The van der Waals surface area contributed by atoms with E-state index in [0.717, 1.165) is 21.2 Å². The van der Waals surface area contributed by atoms with E-state index in [9.17, 15) is 5.11 Å². The molecule has 0 aliphatic carbocycles. The Morgan fingerprint density at radius 1 is 1.46 bits per heavy atom. The van der Waals surface area contributed by atoms with Gasteiger partial charge in [-0.25, -0.2) is 0 Å². The fourth-order valence-electron chi connectivity index (χ4n) is 1.53. The summed E-state index contributed by atoms with van der Waals surface area (Å²) in [4.78, 5) is 0. The number of aryl methyl sites for hydroxylation is 1. The first-order valence-electron chi connectivity index (χ1n) is 4.19. The van der Waals surface area contributed by atoms with Gasteiger partial charge >= 0.3 is 0 Å². The maximum atomic E-state index is 9.67. The van der Waals surface area contributed by atoms with Gasteiger partial charge in [0.05, 0.1) is 0 Å². The van der Waals surface area contributed by atoms with Gasteiger partial charge in [-0.05, 0) is 38.0 Å². The number of benzene rings is 1. The van der Waals surface area contributed by atoms with Crippen molar-refractivity contribution in [1.29, 1.82) is 0 Å². The highest BCUT2D eigenvalue weighted by atomic mass is 79.9. The smallest absolute Gasteiger partial charge is 0.120 e. The van der Waals surface area contributed by atoms with Gasteiger partial charge in [-0.1, -0.05) is 15.9 Å². The van der Waals surface area contributed by atoms with E-state index in [2.05, 4.69) is 15.9 Å². The molecule has 0 radical (unpaired) electrons. The lowest BCUT2D eigenvalue weighted by atomic mass is 9.99. The normalized spacial score (nSPS) is 13.0. The Morgan fingerprint density at radius 3 is 2.46 bits per heavy atom. The maximum Gasteiger partial charge on any atom is 0.120 e. The Morgan fingerprint density at radius 2 is 2.00 bits per heavy atom. The summed E-state index contributed by atoms with van der Waals surface area (Å²) in [6, 6.07) is 1.59. The molecule has 2 nitrogen and oxygen atoms in total. The van der Waals surface area contributed by atoms with Gasteiger partial charge in [0.15, 0.2) is 0 Å². The molecule has 3 heteroatoms. The SMILES string of the molecule is Cc1cc(O)c(C(C)N)c(C)c1Br. The van der Waals surface area contributed by atoms with Gasteiger partial charge in [0.25, 0.3) is 0 Å². The van der Waals surface area contributed by atoms with E-state index in [-0.39, 0.29) is 11.8 Å². The van der Waals surface area contributed by atoms with Crippen LogP contribution in [0.25, 0.3) is 0 Å². The van der Waals surface area contributed by atoms with Crippen LogP contribution in [-0.2, 0) is 0 Å². The van der Waals surface area contributed by atoms with Crippen molar-refractivity contribution in [3.05, 3.63) is 27.2 Å². The Balaban J connectivity index is 3.44. The van der Waals surface area contributed by atoms with Gasteiger partial charge in [0.1, 0.15) is 5.75 Å². The van der Waals surface area contributed by atoms with Gasteiger partial charge < -0.3 is 10.8 Å². The monoisotopic (exact) mass is 243 g/mol. The van der Waals surface area contributed by atoms with Crippen molar-refractivity contribution >= 4 is 15.9 Å². The van der Waals surface area contributed by atoms with E-state index in [4.69, 9.17) is 5.73 Å². The minimum atomic E-state index is -0.142. The van der Waals surface area contributed by atoms with Crippen molar-refractivity contribution in [3.8, 4) is 5.75 Å². The van der Waals surface area contributed by atoms with Crippen molar-refractivity contribution in [2.24, 2.45) is 5.73 Å². The number of phenols is 1. The number of nitrogens with two attached hydrogens (primary N) is 1. The summed E-state index contributed by atoms with van der Waals surface area (Å²) in [5.41, 5.74) is 8.62. The van der Waals surface area contributed by atoms with Gasteiger partial charge in [-0.2, -0.15) is 0 Å². The molecule has 1 aromatic rings. The number of hydrogen-bond acceptors (Lipinski definition) is 2. The highest BCUT2D eigenvalue weighted by Crippen LogP contribution is 2.33. The molecule has 0 amide bonds.